The van der Waals surface area contributed by atoms with Crippen LogP contribution in [0.15, 0.2) is 24.4 Å². The topological polar surface area (TPSA) is 42.1 Å². The summed E-state index contributed by atoms with van der Waals surface area (Å²) >= 11 is 0. The number of nitrogens with zero attached hydrogens (tertiary/aromatic N) is 2. The van der Waals surface area contributed by atoms with Gasteiger partial charge in [0.2, 0.25) is 0 Å². The maximum Gasteiger partial charge on any atom is 0.128 e. The van der Waals surface area contributed by atoms with Crippen LogP contribution in [0.3, 0.4) is 0 Å². The smallest absolute Gasteiger partial charge is 0.128 e. The molecular formula is C12H19N3. The molecule has 0 bridgehead atoms. The van der Waals surface area contributed by atoms with Crippen LogP contribution in [0.4, 0.5) is 5.82 Å². The average molecular weight is 205 g/mol. The molecule has 0 aromatic carbocycles. The van der Waals surface area contributed by atoms with Crippen molar-refractivity contribution in [3.63, 3.8) is 0 Å². The van der Waals surface area contributed by atoms with Crippen LogP contribution in [0.25, 0.3) is 0 Å². The molecule has 1 aliphatic rings. The third kappa shape index (κ3) is 2.48. The second-order valence-electron chi connectivity index (χ2n) is 4.40. The van der Waals surface area contributed by atoms with Crippen LogP contribution in [0.2, 0.25) is 0 Å². The number of anilines is 1. The molecule has 82 valence electrons. The Morgan fingerprint density at radius 3 is 3.07 bits per heavy atom. The van der Waals surface area contributed by atoms with Crippen molar-refractivity contribution in [1.29, 1.82) is 0 Å². The number of rotatable bonds is 2. The lowest BCUT2D eigenvalue weighted by atomic mass is 9.92. The van der Waals surface area contributed by atoms with Crippen LogP contribution in [-0.2, 0) is 0 Å². The molecule has 3 heteroatoms. The first-order valence-electron chi connectivity index (χ1n) is 5.69. The van der Waals surface area contributed by atoms with E-state index >= 15 is 0 Å². The number of nitrogens with two attached hydrogens (primary N) is 1. The van der Waals surface area contributed by atoms with E-state index < -0.39 is 0 Å². The molecular weight excluding hydrogens is 186 g/mol. The van der Waals surface area contributed by atoms with E-state index in [-0.39, 0.29) is 6.04 Å². The van der Waals surface area contributed by atoms with E-state index in [0.717, 1.165) is 18.9 Å². The standard InChI is InChI=1S/C12H19N3/c1-10(13)11-5-4-8-15(9-11)12-6-2-3-7-14-12/h2-3,6-7,10-11H,4-5,8-9,13H2,1H3. The molecule has 3 nitrogen and oxygen atoms in total. The molecule has 0 spiro atoms. The maximum absolute atomic E-state index is 5.96. The zero-order chi connectivity index (χ0) is 10.7. The van der Waals surface area contributed by atoms with Gasteiger partial charge in [0.15, 0.2) is 0 Å². The summed E-state index contributed by atoms with van der Waals surface area (Å²) in [7, 11) is 0. The highest BCUT2D eigenvalue weighted by Crippen LogP contribution is 2.22. The Kier molecular flexibility index (Phi) is 3.21. The monoisotopic (exact) mass is 205 g/mol. The van der Waals surface area contributed by atoms with Gasteiger partial charge in [-0.15, -0.1) is 0 Å². The summed E-state index contributed by atoms with van der Waals surface area (Å²) in [5, 5.41) is 0. The third-order valence-corrected chi connectivity index (χ3v) is 3.17. The first kappa shape index (κ1) is 10.4. The van der Waals surface area contributed by atoms with Crippen molar-refractivity contribution >= 4 is 5.82 Å². The molecule has 1 aliphatic heterocycles. The highest BCUT2D eigenvalue weighted by Gasteiger charge is 2.23. The van der Waals surface area contributed by atoms with Gasteiger partial charge in [0.1, 0.15) is 5.82 Å². The molecule has 1 aromatic rings. The maximum atomic E-state index is 5.96. The lowest BCUT2D eigenvalue weighted by Crippen LogP contribution is -2.42. The number of piperidine rings is 1. The van der Waals surface area contributed by atoms with Gasteiger partial charge in [0, 0.05) is 25.3 Å². The number of aromatic nitrogens is 1. The first-order valence-corrected chi connectivity index (χ1v) is 5.69. The second-order valence-corrected chi connectivity index (χ2v) is 4.40. The normalized spacial score (nSPS) is 23.9. The lowest BCUT2D eigenvalue weighted by molar-refractivity contribution is 0.363. The van der Waals surface area contributed by atoms with Gasteiger partial charge in [-0.05, 0) is 37.8 Å². The summed E-state index contributed by atoms with van der Waals surface area (Å²) in [6.07, 6.45) is 4.33. The van der Waals surface area contributed by atoms with Gasteiger partial charge in [0.25, 0.3) is 0 Å². The number of pyridine rings is 1. The number of hydrogen-bond acceptors (Lipinski definition) is 3. The molecule has 2 unspecified atom stereocenters. The Bertz CT molecular complexity index is 297. The third-order valence-electron chi connectivity index (χ3n) is 3.17. The van der Waals surface area contributed by atoms with Crippen LogP contribution >= 0.6 is 0 Å². The largest absolute Gasteiger partial charge is 0.356 e. The summed E-state index contributed by atoms with van der Waals surface area (Å²) in [5.74, 6) is 1.70. The van der Waals surface area contributed by atoms with Crippen molar-refractivity contribution in [2.24, 2.45) is 11.7 Å². The van der Waals surface area contributed by atoms with E-state index in [1.165, 1.54) is 12.8 Å². The first-order chi connectivity index (χ1) is 7.27. The van der Waals surface area contributed by atoms with Crippen LogP contribution in [-0.4, -0.2) is 24.1 Å². The van der Waals surface area contributed by atoms with E-state index in [1.54, 1.807) is 0 Å². The summed E-state index contributed by atoms with van der Waals surface area (Å²) in [6.45, 7) is 4.27. The van der Waals surface area contributed by atoms with Crippen LogP contribution < -0.4 is 10.6 Å². The van der Waals surface area contributed by atoms with E-state index in [9.17, 15) is 0 Å². The molecule has 2 N–H and O–H groups in total. The summed E-state index contributed by atoms with van der Waals surface area (Å²) in [6, 6.07) is 6.36. The molecule has 0 saturated carbocycles. The van der Waals surface area contributed by atoms with Gasteiger partial charge in [-0.1, -0.05) is 6.07 Å². The van der Waals surface area contributed by atoms with Crippen LogP contribution in [0, 0.1) is 5.92 Å². The quantitative estimate of drug-likeness (QED) is 0.798. The predicted molar refractivity (Wildman–Crippen MR) is 62.8 cm³/mol. The van der Waals surface area contributed by atoms with Crippen molar-refractivity contribution in [2.45, 2.75) is 25.8 Å². The van der Waals surface area contributed by atoms with Gasteiger partial charge in [-0.3, -0.25) is 0 Å². The summed E-state index contributed by atoms with van der Waals surface area (Å²) < 4.78 is 0. The minimum absolute atomic E-state index is 0.288. The summed E-state index contributed by atoms with van der Waals surface area (Å²) in [5.41, 5.74) is 5.96. The fraction of sp³-hybridized carbons (Fsp3) is 0.583. The van der Waals surface area contributed by atoms with E-state index in [0.29, 0.717) is 5.92 Å². The summed E-state index contributed by atoms with van der Waals surface area (Å²) in [4.78, 5) is 6.73. The van der Waals surface area contributed by atoms with Gasteiger partial charge in [-0.25, -0.2) is 4.98 Å². The zero-order valence-corrected chi connectivity index (χ0v) is 9.26. The molecule has 2 atom stereocenters. The molecule has 2 heterocycles. The highest BCUT2D eigenvalue weighted by atomic mass is 15.2. The van der Waals surface area contributed by atoms with Crippen molar-refractivity contribution in [1.82, 2.24) is 4.98 Å². The minimum atomic E-state index is 0.288. The average Bonchev–Trinajstić information content (AvgIpc) is 2.30. The van der Waals surface area contributed by atoms with Crippen LogP contribution in [0.1, 0.15) is 19.8 Å². The van der Waals surface area contributed by atoms with Crippen LogP contribution in [0.5, 0.6) is 0 Å². The van der Waals surface area contributed by atoms with Crippen molar-refractivity contribution in [3.8, 4) is 0 Å². The molecule has 0 radical (unpaired) electrons. The van der Waals surface area contributed by atoms with E-state index in [2.05, 4.69) is 22.9 Å². The molecule has 1 fully saturated rings. The Morgan fingerprint density at radius 1 is 1.53 bits per heavy atom. The second kappa shape index (κ2) is 4.62. The van der Waals surface area contributed by atoms with Crippen molar-refractivity contribution in [3.05, 3.63) is 24.4 Å². The minimum Gasteiger partial charge on any atom is -0.356 e. The fourth-order valence-electron chi connectivity index (χ4n) is 2.19. The Morgan fingerprint density at radius 2 is 2.40 bits per heavy atom. The Hall–Kier alpha value is -1.09. The van der Waals surface area contributed by atoms with Crippen molar-refractivity contribution < 1.29 is 0 Å². The molecule has 2 rings (SSSR count). The van der Waals surface area contributed by atoms with E-state index in [4.69, 9.17) is 5.73 Å². The molecule has 1 aromatic heterocycles. The Labute approximate surface area is 91.3 Å². The van der Waals surface area contributed by atoms with E-state index in [1.807, 2.05) is 18.3 Å². The number of hydrogen-bond donors (Lipinski definition) is 1. The zero-order valence-electron chi connectivity index (χ0n) is 9.26. The van der Waals surface area contributed by atoms with Gasteiger partial charge >= 0.3 is 0 Å². The SMILES string of the molecule is CC(N)C1CCCN(c2ccccn2)C1. The predicted octanol–water partition coefficient (Wildman–Crippen LogP) is 1.65. The molecule has 0 amide bonds. The molecule has 1 saturated heterocycles. The lowest BCUT2D eigenvalue weighted by Gasteiger charge is -2.35. The molecule has 15 heavy (non-hydrogen) atoms. The van der Waals surface area contributed by atoms with Gasteiger partial charge in [0.05, 0.1) is 0 Å². The highest BCUT2D eigenvalue weighted by molar-refractivity contribution is 5.38. The van der Waals surface area contributed by atoms with Gasteiger partial charge < -0.3 is 10.6 Å². The Balaban J connectivity index is 2.05. The fourth-order valence-corrected chi connectivity index (χ4v) is 2.19. The van der Waals surface area contributed by atoms with Gasteiger partial charge in [-0.2, -0.15) is 0 Å². The van der Waals surface area contributed by atoms with Crippen molar-refractivity contribution in [2.75, 3.05) is 18.0 Å². The molecule has 0 aliphatic carbocycles.